The molecule has 3 atom stereocenters. The zero-order valence-corrected chi connectivity index (χ0v) is 6.92. The Morgan fingerprint density at radius 2 is 1.67 bits per heavy atom. The van der Waals surface area contributed by atoms with Crippen molar-refractivity contribution in [3.8, 4) is 0 Å². The molecule has 0 aromatic heterocycles. The highest BCUT2D eigenvalue weighted by molar-refractivity contribution is 5.73. The summed E-state index contributed by atoms with van der Waals surface area (Å²) in [6.07, 6.45) is 4.16. The van der Waals surface area contributed by atoms with Crippen LogP contribution in [-0.4, -0.2) is 29.3 Å². The normalized spacial score (nSPS) is 40.8. The molecular weight excluding hydrogens is 156 g/mol. The lowest BCUT2D eigenvalue weighted by Gasteiger charge is -2.23. The molecule has 1 aliphatic heterocycles. The molecule has 0 aromatic carbocycles. The summed E-state index contributed by atoms with van der Waals surface area (Å²) >= 11 is 0. The van der Waals surface area contributed by atoms with Gasteiger partial charge < -0.3 is 5.11 Å². The fourth-order valence-corrected chi connectivity index (χ4v) is 2.15. The summed E-state index contributed by atoms with van der Waals surface area (Å²) in [5.74, 6) is -0.788. The molecular formula is C8H14N2O2. The Kier molecular flexibility index (Phi) is 2.02. The molecule has 2 unspecified atom stereocenters. The van der Waals surface area contributed by atoms with E-state index in [1.807, 2.05) is 0 Å². The number of nitrogens with one attached hydrogen (secondary N) is 2. The molecule has 2 aliphatic rings. The minimum atomic E-state index is -0.788. The molecule has 0 radical (unpaired) electrons. The van der Waals surface area contributed by atoms with Crippen LogP contribution in [0.25, 0.3) is 0 Å². The van der Waals surface area contributed by atoms with Gasteiger partial charge >= 0.3 is 5.97 Å². The number of carboxylic acids is 1. The van der Waals surface area contributed by atoms with Crippen molar-refractivity contribution >= 4 is 5.97 Å². The number of carboxylic acid groups (broad SMARTS) is 1. The van der Waals surface area contributed by atoms with Crippen LogP contribution in [0.15, 0.2) is 0 Å². The fraction of sp³-hybridized carbons (Fsp3) is 0.875. The molecule has 2 rings (SSSR count). The van der Waals surface area contributed by atoms with Crippen molar-refractivity contribution < 1.29 is 9.90 Å². The van der Waals surface area contributed by atoms with Gasteiger partial charge in [-0.25, -0.2) is 4.79 Å². The van der Waals surface area contributed by atoms with E-state index in [1.54, 1.807) is 0 Å². The van der Waals surface area contributed by atoms with Gasteiger partial charge in [-0.05, 0) is 12.8 Å². The van der Waals surface area contributed by atoms with E-state index in [0.717, 1.165) is 12.8 Å². The Balaban J connectivity index is 1.98. The summed E-state index contributed by atoms with van der Waals surface area (Å²) in [6.45, 7) is 0. The standard InChI is InChI=1S/C8H14N2O2/c11-8(12)7-9-5-3-1-2-4-6(5)10-7/h5-7,9-10H,1-4H2,(H,11,12)/t5-,6?,7?/m1/s1. The van der Waals surface area contributed by atoms with Gasteiger partial charge in [-0.2, -0.15) is 0 Å². The van der Waals surface area contributed by atoms with E-state index in [4.69, 9.17) is 5.11 Å². The molecule has 1 heterocycles. The summed E-state index contributed by atoms with van der Waals surface area (Å²) in [7, 11) is 0. The van der Waals surface area contributed by atoms with Crippen LogP contribution in [0.3, 0.4) is 0 Å². The number of fused-ring (bicyclic) bond motifs is 1. The zero-order valence-electron chi connectivity index (χ0n) is 6.92. The predicted molar refractivity (Wildman–Crippen MR) is 43.7 cm³/mol. The van der Waals surface area contributed by atoms with Crippen LogP contribution in [0.5, 0.6) is 0 Å². The molecule has 1 saturated carbocycles. The van der Waals surface area contributed by atoms with Crippen LogP contribution in [0.4, 0.5) is 0 Å². The lowest BCUT2D eigenvalue weighted by atomic mass is 9.92. The average Bonchev–Trinajstić information content (AvgIpc) is 2.46. The van der Waals surface area contributed by atoms with Crippen LogP contribution < -0.4 is 10.6 Å². The van der Waals surface area contributed by atoms with Crippen molar-refractivity contribution in [2.24, 2.45) is 0 Å². The Morgan fingerprint density at radius 1 is 1.17 bits per heavy atom. The maximum absolute atomic E-state index is 10.6. The molecule has 0 aromatic rings. The molecule has 1 saturated heterocycles. The molecule has 0 bridgehead atoms. The molecule has 4 nitrogen and oxygen atoms in total. The summed E-state index contributed by atoms with van der Waals surface area (Å²) in [4.78, 5) is 10.6. The highest BCUT2D eigenvalue weighted by Crippen LogP contribution is 2.22. The molecule has 1 aliphatic carbocycles. The third kappa shape index (κ3) is 1.32. The van der Waals surface area contributed by atoms with Crippen LogP contribution in [0.2, 0.25) is 0 Å². The number of carbonyl (C=O) groups is 1. The highest BCUT2D eigenvalue weighted by atomic mass is 16.4. The summed E-state index contributed by atoms with van der Waals surface area (Å²) < 4.78 is 0. The largest absolute Gasteiger partial charge is 0.479 e. The van der Waals surface area contributed by atoms with Crippen LogP contribution >= 0.6 is 0 Å². The lowest BCUT2D eigenvalue weighted by molar-refractivity contribution is -0.139. The molecule has 2 fully saturated rings. The topological polar surface area (TPSA) is 61.4 Å². The molecule has 0 amide bonds. The van der Waals surface area contributed by atoms with E-state index >= 15 is 0 Å². The van der Waals surface area contributed by atoms with E-state index in [2.05, 4.69) is 10.6 Å². The highest BCUT2D eigenvalue weighted by Gasteiger charge is 2.37. The van der Waals surface area contributed by atoms with E-state index in [-0.39, 0.29) is 0 Å². The number of aliphatic carboxylic acids is 1. The Labute approximate surface area is 71.3 Å². The van der Waals surface area contributed by atoms with Gasteiger partial charge in [0.2, 0.25) is 0 Å². The smallest absolute Gasteiger partial charge is 0.335 e. The van der Waals surface area contributed by atoms with Crippen molar-refractivity contribution in [1.82, 2.24) is 10.6 Å². The Bertz CT molecular complexity index is 181. The number of hydrogen-bond acceptors (Lipinski definition) is 3. The van der Waals surface area contributed by atoms with Crippen molar-refractivity contribution in [3.63, 3.8) is 0 Å². The fourth-order valence-electron chi connectivity index (χ4n) is 2.15. The molecule has 3 N–H and O–H groups in total. The second-order valence-corrected chi connectivity index (χ2v) is 3.60. The summed E-state index contributed by atoms with van der Waals surface area (Å²) in [5.41, 5.74) is 0. The van der Waals surface area contributed by atoms with Crippen molar-refractivity contribution in [1.29, 1.82) is 0 Å². The Hall–Kier alpha value is -0.610. The van der Waals surface area contributed by atoms with Gasteiger partial charge in [0.25, 0.3) is 0 Å². The van der Waals surface area contributed by atoms with Crippen molar-refractivity contribution in [2.45, 2.75) is 43.9 Å². The first-order valence-electron chi connectivity index (χ1n) is 4.52. The SMILES string of the molecule is O=C(O)C1NC2CCCC[C@H]2N1. The van der Waals surface area contributed by atoms with Gasteiger partial charge in [-0.3, -0.25) is 10.6 Å². The van der Waals surface area contributed by atoms with Gasteiger partial charge in [-0.15, -0.1) is 0 Å². The van der Waals surface area contributed by atoms with Crippen LogP contribution in [-0.2, 0) is 4.79 Å². The van der Waals surface area contributed by atoms with E-state index in [9.17, 15) is 4.79 Å². The first kappa shape index (κ1) is 8.01. The predicted octanol–water partition coefficient (Wildman–Crippen LogP) is -0.0989. The summed E-state index contributed by atoms with van der Waals surface area (Å²) in [6, 6.07) is 0.777. The van der Waals surface area contributed by atoms with Gasteiger partial charge in [-0.1, -0.05) is 12.8 Å². The molecule has 68 valence electrons. The van der Waals surface area contributed by atoms with Crippen LogP contribution in [0.1, 0.15) is 25.7 Å². The van der Waals surface area contributed by atoms with Gasteiger partial charge in [0.1, 0.15) is 0 Å². The molecule has 4 heteroatoms. The van der Waals surface area contributed by atoms with Crippen LogP contribution in [0, 0.1) is 0 Å². The quantitative estimate of drug-likeness (QED) is 0.514. The van der Waals surface area contributed by atoms with Gasteiger partial charge in [0.15, 0.2) is 6.17 Å². The first-order chi connectivity index (χ1) is 5.77. The second-order valence-electron chi connectivity index (χ2n) is 3.60. The number of hydrogen-bond donors (Lipinski definition) is 3. The van der Waals surface area contributed by atoms with E-state index in [1.165, 1.54) is 12.8 Å². The maximum atomic E-state index is 10.6. The molecule has 12 heavy (non-hydrogen) atoms. The Morgan fingerprint density at radius 3 is 2.08 bits per heavy atom. The average molecular weight is 170 g/mol. The minimum absolute atomic E-state index is 0.389. The monoisotopic (exact) mass is 170 g/mol. The van der Waals surface area contributed by atoms with Gasteiger partial charge in [0, 0.05) is 12.1 Å². The van der Waals surface area contributed by atoms with Crippen molar-refractivity contribution in [3.05, 3.63) is 0 Å². The van der Waals surface area contributed by atoms with E-state index < -0.39 is 12.1 Å². The third-order valence-electron chi connectivity index (χ3n) is 2.77. The number of rotatable bonds is 1. The zero-order chi connectivity index (χ0) is 8.55. The molecule has 0 spiro atoms. The minimum Gasteiger partial charge on any atom is -0.479 e. The third-order valence-corrected chi connectivity index (χ3v) is 2.77. The van der Waals surface area contributed by atoms with Crippen molar-refractivity contribution in [2.75, 3.05) is 0 Å². The van der Waals surface area contributed by atoms with E-state index in [0.29, 0.717) is 12.1 Å². The maximum Gasteiger partial charge on any atom is 0.335 e. The lowest BCUT2D eigenvalue weighted by Crippen LogP contribution is -2.40. The first-order valence-corrected chi connectivity index (χ1v) is 4.52. The second kappa shape index (κ2) is 3.03. The van der Waals surface area contributed by atoms with Gasteiger partial charge in [0.05, 0.1) is 0 Å². The summed E-state index contributed by atoms with van der Waals surface area (Å²) in [5, 5.41) is 14.9.